The Morgan fingerprint density at radius 3 is 2.39 bits per heavy atom. The Kier molecular flexibility index (Phi) is 4.92. The number of carbonyl (C=O) groups excluding carboxylic acids is 1. The van der Waals surface area contributed by atoms with Crippen LogP contribution in [-0.2, 0) is 9.53 Å². The summed E-state index contributed by atoms with van der Waals surface area (Å²) in [5.41, 5.74) is -0.319. The molecule has 0 unspecified atom stereocenters. The number of carbonyl (C=O) groups is 2. The number of carboxylic acid groups (broad SMARTS) is 1. The molecular weight excluding hydrogens is 240 g/mol. The fourth-order valence-electron chi connectivity index (χ4n) is 1.85. The normalized spacial score (nSPS) is 20.4. The predicted molar refractivity (Wildman–Crippen MR) is 63.2 cm³/mol. The van der Waals surface area contributed by atoms with Crippen molar-refractivity contribution in [1.82, 2.24) is 10.6 Å². The zero-order chi connectivity index (χ0) is 13.8. The van der Waals surface area contributed by atoms with Crippen LogP contribution < -0.4 is 10.6 Å². The second kappa shape index (κ2) is 6.01. The molecule has 1 fully saturated rings. The van der Waals surface area contributed by atoms with E-state index in [1.807, 2.05) is 0 Å². The summed E-state index contributed by atoms with van der Waals surface area (Å²) < 4.78 is 5.32. The fourth-order valence-corrected chi connectivity index (χ4v) is 1.85. The van der Waals surface area contributed by atoms with Gasteiger partial charge in [0, 0.05) is 13.7 Å². The molecule has 0 aromatic carbocycles. The molecule has 0 radical (unpaired) electrons. The first-order valence-electron chi connectivity index (χ1n) is 5.90. The van der Waals surface area contributed by atoms with Gasteiger partial charge in [-0.15, -0.1) is 0 Å². The molecule has 0 bridgehead atoms. The molecule has 1 rings (SSSR count). The van der Waals surface area contributed by atoms with Crippen LogP contribution in [0, 0.1) is 0 Å². The molecule has 7 heteroatoms. The van der Waals surface area contributed by atoms with Crippen LogP contribution in [0.5, 0.6) is 0 Å². The molecule has 2 atom stereocenters. The Hall–Kier alpha value is -1.34. The molecule has 0 saturated heterocycles. The molecule has 0 aromatic heterocycles. The highest BCUT2D eigenvalue weighted by molar-refractivity contribution is 5.82. The number of rotatable bonds is 6. The molecule has 1 aliphatic carbocycles. The van der Waals surface area contributed by atoms with Crippen LogP contribution >= 0.6 is 0 Å². The molecular formula is C11H20N2O5. The molecule has 0 aromatic rings. The van der Waals surface area contributed by atoms with Crippen molar-refractivity contribution in [2.45, 2.75) is 43.9 Å². The van der Waals surface area contributed by atoms with E-state index in [9.17, 15) is 14.7 Å². The monoisotopic (exact) mass is 260 g/mol. The van der Waals surface area contributed by atoms with Crippen LogP contribution in [0.1, 0.15) is 26.2 Å². The minimum atomic E-state index is -1.31. The largest absolute Gasteiger partial charge is 0.480 e. The van der Waals surface area contributed by atoms with Gasteiger partial charge in [-0.1, -0.05) is 0 Å². The van der Waals surface area contributed by atoms with E-state index in [2.05, 4.69) is 10.6 Å². The Balaban J connectivity index is 2.39. The first-order valence-corrected chi connectivity index (χ1v) is 5.90. The average molecular weight is 260 g/mol. The van der Waals surface area contributed by atoms with Gasteiger partial charge in [-0.25, -0.2) is 9.59 Å². The summed E-state index contributed by atoms with van der Waals surface area (Å²) in [5.74, 6) is -1.27. The van der Waals surface area contributed by atoms with Crippen molar-refractivity contribution in [3.05, 3.63) is 0 Å². The summed E-state index contributed by atoms with van der Waals surface area (Å²) in [6, 6.07) is -1.93. The van der Waals surface area contributed by atoms with Gasteiger partial charge in [0.2, 0.25) is 0 Å². The first-order chi connectivity index (χ1) is 8.40. The maximum absolute atomic E-state index is 11.5. The molecule has 0 spiro atoms. The lowest BCUT2D eigenvalue weighted by Crippen LogP contribution is -2.55. The number of hydrogen-bond acceptors (Lipinski definition) is 4. The molecule has 4 N–H and O–H groups in total. The van der Waals surface area contributed by atoms with Crippen molar-refractivity contribution < 1.29 is 24.5 Å². The summed E-state index contributed by atoms with van der Waals surface area (Å²) in [5, 5.41) is 22.8. The molecule has 1 saturated carbocycles. The fraction of sp³-hybridized carbons (Fsp3) is 0.818. The lowest BCUT2D eigenvalue weighted by atomic mass is 9.80. The molecule has 0 aliphatic heterocycles. The third-order valence-electron chi connectivity index (χ3n) is 3.30. The van der Waals surface area contributed by atoms with Crippen LogP contribution in [0.4, 0.5) is 4.79 Å². The summed E-state index contributed by atoms with van der Waals surface area (Å²) >= 11 is 0. The van der Waals surface area contributed by atoms with Gasteiger partial charge in [0.15, 0.2) is 6.04 Å². The van der Waals surface area contributed by atoms with Gasteiger partial charge in [-0.05, 0) is 26.2 Å². The number of hydrogen-bond donors (Lipinski definition) is 4. The van der Waals surface area contributed by atoms with Crippen molar-refractivity contribution in [3.63, 3.8) is 0 Å². The highest BCUT2D eigenvalue weighted by Crippen LogP contribution is 2.34. The number of carboxylic acids is 1. The van der Waals surface area contributed by atoms with Crippen LogP contribution in [0.15, 0.2) is 0 Å². The molecule has 0 heterocycles. The second-order valence-electron chi connectivity index (χ2n) is 4.62. The Bertz CT molecular complexity index is 309. The Labute approximate surface area is 106 Å². The Morgan fingerprint density at radius 1 is 1.44 bits per heavy atom. The second-order valence-corrected chi connectivity index (χ2v) is 4.62. The SMILES string of the molecule is COC1(CNC(=O)N[C@H](C(=O)O)[C@@H](C)O)CCC1. The minimum absolute atomic E-state index is 0.319. The van der Waals surface area contributed by atoms with Crippen molar-refractivity contribution in [1.29, 1.82) is 0 Å². The van der Waals surface area contributed by atoms with Gasteiger partial charge in [-0.2, -0.15) is 0 Å². The standard InChI is InChI=1S/C11H20N2O5/c1-7(14)8(9(15)16)13-10(17)12-6-11(18-2)4-3-5-11/h7-8,14H,3-6H2,1-2H3,(H,15,16)(H2,12,13,17)/t7-,8+/m1/s1. The van der Waals surface area contributed by atoms with E-state index in [0.717, 1.165) is 19.3 Å². The third-order valence-corrected chi connectivity index (χ3v) is 3.30. The number of aliphatic hydroxyl groups is 1. The van der Waals surface area contributed by atoms with Gasteiger partial charge in [0.05, 0.1) is 11.7 Å². The van der Waals surface area contributed by atoms with E-state index in [1.54, 1.807) is 7.11 Å². The van der Waals surface area contributed by atoms with Gasteiger partial charge in [-0.3, -0.25) is 0 Å². The maximum atomic E-state index is 11.5. The van der Waals surface area contributed by atoms with E-state index in [-0.39, 0.29) is 5.60 Å². The van der Waals surface area contributed by atoms with Crippen molar-refractivity contribution in [2.24, 2.45) is 0 Å². The summed E-state index contributed by atoms with van der Waals surface area (Å²) in [4.78, 5) is 22.3. The summed E-state index contributed by atoms with van der Waals surface area (Å²) in [6.07, 6.45) is 1.65. The molecule has 1 aliphatic rings. The quantitative estimate of drug-likeness (QED) is 0.524. The lowest BCUT2D eigenvalue weighted by molar-refractivity contribution is -0.141. The van der Waals surface area contributed by atoms with Crippen LogP contribution in [0.3, 0.4) is 0 Å². The van der Waals surface area contributed by atoms with Crippen LogP contribution in [0.25, 0.3) is 0 Å². The van der Waals surface area contributed by atoms with E-state index >= 15 is 0 Å². The molecule has 7 nitrogen and oxygen atoms in total. The van der Waals surface area contributed by atoms with Crippen LogP contribution in [0.2, 0.25) is 0 Å². The van der Waals surface area contributed by atoms with Gasteiger partial charge in [0.1, 0.15) is 0 Å². The van der Waals surface area contributed by atoms with Gasteiger partial charge < -0.3 is 25.6 Å². The van der Waals surface area contributed by atoms with Crippen molar-refractivity contribution in [2.75, 3.05) is 13.7 Å². The summed E-state index contributed by atoms with van der Waals surface area (Å²) in [7, 11) is 1.59. The number of urea groups is 1. The van der Waals surface area contributed by atoms with Gasteiger partial charge in [0.25, 0.3) is 0 Å². The van der Waals surface area contributed by atoms with Gasteiger partial charge >= 0.3 is 12.0 Å². The summed E-state index contributed by atoms with van der Waals surface area (Å²) in [6.45, 7) is 1.64. The molecule has 104 valence electrons. The number of methoxy groups -OCH3 is 1. The number of ether oxygens (including phenoxy) is 1. The Morgan fingerprint density at radius 2 is 2.06 bits per heavy atom. The minimum Gasteiger partial charge on any atom is -0.480 e. The number of aliphatic carboxylic acids is 1. The van der Waals surface area contributed by atoms with Crippen molar-refractivity contribution in [3.8, 4) is 0 Å². The smallest absolute Gasteiger partial charge is 0.328 e. The van der Waals surface area contributed by atoms with E-state index in [1.165, 1.54) is 6.92 Å². The number of aliphatic hydroxyl groups excluding tert-OH is 1. The van der Waals surface area contributed by atoms with E-state index < -0.39 is 24.1 Å². The number of amides is 2. The van der Waals surface area contributed by atoms with Crippen LogP contribution in [-0.4, -0.2) is 53.6 Å². The average Bonchev–Trinajstić information content (AvgIpc) is 2.24. The molecule has 2 amide bonds. The zero-order valence-electron chi connectivity index (χ0n) is 10.6. The topological polar surface area (TPSA) is 108 Å². The highest BCUT2D eigenvalue weighted by Gasteiger charge is 2.37. The highest BCUT2D eigenvalue weighted by atomic mass is 16.5. The maximum Gasteiger partial charge on any atom is 0.328 e. The predicted octanol–water partition coefficient (Wildman–Crippen LogP) is -0.311. The first kappa shape index (κ1) is 14.7. The van der Waals surface area contributed by atoms with E-state index in [4.69, 9.17) is 9.84 Å². The molecule has 18 heavy (non-hydrogen) atoms. The van der Waals surface area contributed by atoms with Crippen molar-refractivity contribution >= 4 is 12.0 Å². The zero-order valence-corrected chi connectivity index (χ0v) is 10.6. The third kappa shape index (κ3) is 3.58. The number of nitrogens with one attached hydrogen (secondary N) is 2. The van der Waals surface area contributed by atoms with E-state index in [0.29, 0.717) is 6.54 Å². The lowest BCUT2D eigenvalue weighted by Gasteiger charge is -2.40.